The second-order valence-electron chi connectivity index (χ2n) is 6.07. The van der Waals surface area contributed by atoms with Crippen LogP contribution in [0.1, 0.15) is 41.5 Å². The summed E-state index contributed by atoms with van der Waals surface area (Å²) in [6.07, 6.45) is -2.59. The van der Waals surface area contributed by atoms with E-state index in [9.17, 15) is 18.0 Å². The van der Waals surface area contributed by atoms with Crippen LogP contribution in [-0.4, -0.2) is 30.5 Å². The first-order valence-corrected chi connectivity index (χ1v) is 7.25. The van der Waals surface area contributed by atoms with E-state index in [-0.39, 0.29) is 22.6 Å². The Morgan fingerprint density at radius 2 is 2.00 bits per heavy atom. The molecule has 0 bridgehead atoms. The fourth-order valence-corrected chi connectivity index (χ4v) is 2.55. The van der Waals surface area contributed by atoms with E-state index < -0.39 is 11.9 Å². The summed E-state index contributed by atoms with van der Waals surface area (Å²) in [6, 6.07) is 2.03. The van der Waals surface area contributed by atoms with Gasteiger partial charge in [-0.3, -0.25) is 4.79 Å². The number of hydrogen-bond donors (Lipinski definition) is 2. The predicted octanol–water partition coefficient (Wildman–Crippen LogP) is 2.53. The highest BCUT2D eigenvalue weighted by Crippen LogP contribution is 2.29. The molecule has 2 rings (SSSR count). The number of piperidine rings is 1. The number of nitrogens with zero attached hydrogens (tertiary/aromatic N) is 1. The maximum atomic E-state index is 12.6. The van der Waals surface area contributed by atoms with Gasteiger partial charge in [-0.25, -0.2) is 4.98 Å². The molecule has 1 aliphatic rings. The van der Waals surface area contributed by atoms with Crippen molar-refractivity contribution >= 4 is 5.91 Å². The van der Waals surface area contributed by atoms with Crippen molar-refractivity contribution < 1.29 is 18.0 Å². The van der Waals surface area contributed by atoms with Gasteiger partial charge in [0, 0.05) is 6.54 Å². The first kappa shape index (κ1) is 16.7. The standard InChI is InChI=1S/C15H20F3N3O/c1-10-11(3-4-12(21-10)15(16,17)18)13(22)20-9-14(2)5-7-19-8-6-14/h3-4,19H,5-9H2,1-2H3,(H,20,22). The molecule has 4 nitrogen and oxygen atoms in total. The van der Waals surface area contributed by atoms with Crippen molar-refractivity contribution in [1.82, 2.24) is 15.6 Å². The summed E-state index contributed by atoms with van der Waals surface area (Å²) >= 11 is 0. The van der Waals surface area contributed by atoms with Gasteiger partial charge in [-0.1, -0.05) is 6.92 Å². The molecule has 0 spiro atoms. The Kier molecular flexibility index (Phi) is 4.75. The first-order chi connectivity index (χ1) is 10.2. The number of aromatic nitrogens is 1. The average Bonchev–Trinajstić information content (AvgIpc) is 2.44. The number of rotatable bonds is 3. The highest BCUT2D eigenvalue weighted by atomic mass is 19.4. The van der Waals surface area contributed by atoms with E-state index in [1.165, 1.54) is 13.0 Å². The van der Waals surface area contributed by atoms with Crippen molar-refractivity contribution in [2.75, 3.05) is 19.6 Å². The van der Waals surface area contributed by atoms with E-state index in [0.717, 1.165) is 32.0 Å². The summed E-state index contributed by atoms with van der Waals surface area (Å²) in [6.45, 7) is 5.84. The van der Waals surface area contributed by atoms with Gasteiger partial charge in [0.25, 0.3) is 5.91 Å². The number of alkyl halides is 3. The third-order valence-corrected chi connectivity index (χ3v) is 4.11. The fraction of sp³-hybridized carbons (Fsp3) is 0.600. The van der Waals surface area contributed by atoms with Crippen LogP contribution in [0.4, 0.5) is 13.2 Å². The quantitative estimate of drug-likeness (QED) is 0.901. The van der Waals surface area contributed by atoms with Crippen molar-refractivity contribution in [1.29, 1.82) is 0 Å². The van der Waals surface area contributed by atoms with E-state index >= 15 is 0 Å². The number of carbonyl (C=O) groups is 1. The summed E-state index contributed by atoms with van der Waals surface area (Å²) in [5, 5.41) is 6.08. The second-order valence-corrected chi connectivity index (χ2v) is 6.07. The number of halogens is 3. The summed E-state index contributed by atoms with van der Waals surface area (Å²) in [4.78, 5) is 15.6. The smallest absolute Gasteiger partial charge is 0.351 e. The molecule has 122 valence electrons. The Morgan fingerprint density at radius 1 is 1.36 bits per heavy atom. The fourth-order valence-electron chi connectivity index (χ4n) is 2.55. The highest BCUT2D eigenvalue weighted by molar-refractivity contribution is 5.95. The van der Waals surface area contributed by atoms with Crippen molar-refractivity contribution in [2.45, 2.75) is 32.9 Å². The Bertz CT molecular complexity index is 551. The van der Waals surface area contributed by atoms with Gasteiger partial charge in [0.2, 0.25) is 0 Å². The first-order valence-electron chi connectivity index (χ1n) is 7.25. The molecule has 1 aliphatic heterocycles. The number of amides is 1. The molecule has 1 aromatic heterocycles. The number of nitrogens with one attached hydrogen (secondary N) is 2. The van der Waals surface area contributed by atoms with Gasteiger partial charge >= 0.3 is 6.18 Å². The Morgan fingerprint density at radius 3 is 2.55 bits per heavy atom. The van der Waals surface area contributed by atoms with Crippen LogP contribution in [0, 0.1) is 12.3 Å². The molecule has 0 saturated carbocycles. The molecule has 0 unspecified atom stereocenters. The van der Waals surface area contributed by atoms with Crippen LogP contribution in [0.15, 0.2) is 12.1 Å². The molecule has 1 amide bonds. The lowest BCUT2D eigenvalue weighted by atomic mass is 9.81. The summed E-state index contributed by atoms with van der Waals surface area (Å²) in [5.41, 5.74) is -0.686. The molecular weight excluding hydrogens is 295 g/mol. The summed E-state index contributed by atoms with van der Waals surface area (Å²) in [5.74, 6) is -0.376. The van der Waals surface area contributed by atoms with Gasteiger partial charge in [0.05, 0.1) is 11.3 Å². The number of carbonyl (C=O) groups excluding carboxylic acids is 1. The third kappa shape index (κ3) is 3.97. The van der Waals surface area contributed by atoms with Gasteiger partial charge in [-0.15, -0.1) is 0 Å². The third-order valence-electron chi connectivity index (χ3n) is 4.11. The van der Waals surface area contributed by atoms with Crippen molar-refractivity contribution in [2.24, 2.45) is 5.41 Å². The number of aryl methyl sites for hydroxylation is 1. The molecule has 0 atom stereocenters. The molecule has 1 fully saturated rings. The SMILES string of the molecule is Cc1nc(C(F)(F)F)ccc1C(=O)NCC1(C)CCNCC1. The normalized spacial score (nSPS) is 18.0. The predicted molar refractivity (Wildman–Crippen MR) is 76.5 cm³/mol. The van der Waals surface area contributed by atoms with Crippen LogP contribution in [-0.2, 0) is 6.18 Å². The maximum absolute atomic E-state index is 12.6. The molecule has 2 heterocycles. The molecule has 2 N–H and O–H groups in total. The second kappa shape index (κ2) is 6.24. The van der Waals surface area contributed by atoms with Crippen molar-refractivity contribution in [3.8, 4) is 0 Å². The molecule has 0 aliphatic carbocycles. The van der Waals surface area contributed by atoms with E-state index in [4.69, 9.17) is 0 Å². The zero-order valence-corrected chi connectivity index (χ0v) is 12.7. The van der Waals surface area contributed by atoms with Crippen LogP contribution in [0.3, 0.4) is 0 Å². The Balaban J connectivity index is 2.03. The van der Waals surface area contributed by atoms with Crippen LogP contribution in [0.2, 0.25) is 0 Å². The van der Waals surface area contributed by atoms with Crippen molar-refractivity contribution in [3.05, 3.63) is 29.1 Å². The molecule has 1 aromatic rings. The molecule has 7 heteroatoms. The minimum absolute atomic E-state index is 0.0220. The van der Waals surface area contributed by atoms with E-state index in [0.29, 0.717) is 6.54 Å². The molecular formula is C15H20F3N3O. The largest absolute Gasteiger partial charge is 0.433 e. The van der Waals surface area contributed by atoms with Crippen LogP contribution < -0.4 is 10.6 Å². The van der Waals surface area contributed by atoms with Crippen LogP contribution in [0.25, 0.3) is 0 Å². The molecule has 0 radical (unpaired) electrons. The number of pyridine rings is 1. The topological polar surface area (TPSA) is 54.0 Å². The van der Waals surface area contributed by atoms with E-state index in [2.05, 4.69) is 22.5 Å². The number of hydrogen-bond acceptors (Lipinski definition) is 3. The van der Waals surface area contributed by atoms with Crippen molar-refractivity contribution in [3.63, 3.8) is 0 Å². The lowest BCUT2D eigenvalue weighted by Crippen LogP contribution is -2.43. The van der Waals surface area contributed by atoms with E-state index in [1.807, 2.05) is 0 Å². The molecule has 0 aromatic carbocycles. The monoisotopic (exact) mass is 315 g/mol. The maximum Gasteiger partial charge on any atom is 0.433 e. The Hall–Kier alpha value is -1.63. The van der Waals surface area contributed by atoms with E-state index in [1.54, 1.807) is 0 Å². The lowest BCUT2D eigenvalue weighted by Gasteiger charge is -2.34. The minimum atomic E-state index is -4.50. The van der Waals surface area contributed by atoms with Crippen LogP contribution >= 0.6 is 0 Å². The van der Waals surface area contributed by atoms with Crippen LogP contribution in [0.5, 0.6) is 0 Å². The average molecular weight is 315 g/mol. The van der Waals surface area contributed by atoms with Gasteiger partial charge in [-0.05, 0) is 50.4 Å². The van der Waals surface area contributed by atoms with Gasteiger partial charge in [0.15, 0.2) is 0 Å². The summed E-state index contributed by atoms with van der Waals surface area (Å²) in [7, 11) is 0. The summed E-state index contributed by atoms with van der Waals surface area (Å²) < 4.78 is 37.7. The van der Waals surface area contributed by atoms with Gasteiger partial charge in [0.1, 0.15) is 5.69 Å². The molecule has 1 saturated heterocycles. The highest BCUT2D eigenvalue weighted by Gasteiger charge is 2.33. The zero-order valence-electron chi connectivity index (χ0n) is 12.7. The van der Waals surface area contributed by atoms with Gasteiger partial charge < -0.3 is 10.6 Å². The zero-order chi connectivity index (χ0) is 16.4. The Labute approximate surface area is 127 Å². The molecule has 22 heavy (non-hydrogen) atoms. The van der Waals surface area contributed by atoms with Gasteiger partial charge in [-0.2, -0.15) is 13.2 Å². The minimum Gasteiger partial charge on any atom is -0.351 e. The lowest BCUT2D eigenvalue weighted by molar-refractivity contribution is -0.141.